The molecule has 0 bridgehead atoms. The van der Waals surface area contributed by atoms with Crippen molar-refractivity contribution < 1.29 is 20.4 Å². The zero-order valence-corrected chi connectivity index (χ0v) is 14.8. The molecule has 0 aromatic rings. The van der Waals surface area contributed by atoms with Gasteiger partial charge in [-0.3, -0.25) is 0 Å². The van der Waals surface area contributed by atoms with E-state index in [1.54, 1.807) is 0 Å². The topological polar surface area (TPSA) is 95.2 Å². The summed E-state index contributed by atoms with van der Waals surface area (Å²) in [6.45, 7) is 0. The number of hydrogen-bond donors (Lipinski definition) is 0. The van der Waals surface area contributed by atoms with E-state index in [1.807, 2.05) is 0 Å². The van der Waals surface area contributed by atoms with Crippen LogP contribution in [0.5, 0.6) is 0 Å². The van der Waals surface area contributed by atoms with E-state index >= 15 is 0 Å². The van der Waals surface area contributed by atoms with Gasteiger partial charge >= 0.3 is 0 Å². The Kier molecular flexibility index (Phi) is 10.8. The summed E-state index contributed by atoms with van der Waals surface area (Å²) < 4.78 is 0. The Morgan fingerprint density at radius 2 is 0.737 bits per heavy atom. The minimum absolute atomic E-state index is 0. The molecule has 2 rings (SSSR count). The molecule has 0 aliphatic carbocycles. The van der Waals surface area contributed by atoms with Gasteiger partial charge in [0.25, 0.3) is 0 Å². The smallest absolute Gasteiger partial charge is 0.133 e. The van der Waals surface area contributed by atoms with Crippen molar-refractivity contribution in [1.29, 1.82) is 21.0 Å². The summed E-state index contributed by atoms with van der Waals surface area (Å²) >= 11 is 0. The molecule has 19 heavy (non-hydrogen) atoms. The number of nitriles is 4. The van der Waals surface area contributed by atoms with Crippen molar-refractivity contribution in [2.24, 2.45) is 0 Å². The Labute approximate surface area is 136 Å². The second-order valence-corrected chi connectivity index (χ2v) is 13.2. The molecule has 0 amide bonds. The summed E-state index contributed by atoms with van der Waals surface area (Å²) in [4.78, 5) is 0. The molecular weight excluding hydrogens is 411 g/mol. The third-order valence-electron chi connectivity index (χ3n) is 2.21. The van der Waals surface area contributed by atoms with Gasteiger partial charge in [0.15, 0.2) is 0 Å². The van der Waals surface area contributed by atoms with Gasteiger partial charge in [0.05, 0.1) is 0 Å². The Hall–Kier alpha value is 0.0223. The van der Waals surface area contributed by atoms with Crippen LogP contribution in [0.4, 0.5) is 0 Å². The van der Waals surface area contributed by atoms with Gasteiger partial charge in [-0.15, -0.1) is 0 Å². The van der Waals surface area contributed by atoms with Crippen molar-refractivity contribution in [2.75, 3.05) is 23.0 Å². The molecule has 2 aliphatic rings. The molecule has 0 aromatic carbocycles. The van der Waals surface area contributed by atoms with Crippen LogP contribution in [-0.2, 0) is 58.2 Å². The van der Waals surface area contributed by atoms with Crippen molar-refractivity contribution in [3.8, 4) is 21.6 Å². The van der Waals surface area contributed by atoms with Gasteiger partial charge in [0.1, 0.15) is 21.6 Å². The second-order valence-electron chi connectivity index (χ2n) is 3.27. The first-order valence-corrected chi connectivity index (χ1v) is 11.8. The maximum Gasteiger partial charge on any atom is 0.133 e. The molecule has 0 saturated carbocycles. The van der Waals surface area contributed by atoms with Crippen molar-refractivity contribution in [1.82, 2.24) is 0 Å². The van der Waals surface area contributed by atoms with E-state index in [1.165, 1.54) is 0 Å². The first-order valence-electron chi connectivity index (χ1n) is 5.20. The van der Waals surface area contributed by atoms with Gasteiger partial charge in [0, 0.05) is 43.4 Å². The van der Waals surface area contributed by atoms with Crippen molar-refractivity contribution in [3.05, 3.63) is 0 Å². The Morgan fingerprint density at radius 1 is 0.526 bits per heavy atom. The molecule has 2 heterocycles. The molecule has 2 aliphatic heterocycles. The summed E-state index contributed by atoms with van der Waals surface area (Å²) in [5.41, 5.74) is 0. The third-order valence-corrected chi connectivity index (χ3v) is 12.4. The van der Waals surface area contributed by atoms with Crippen LogP contribution >= 0.6 is 0 Å². The van der Waals surface area contributed by atoms with Crippen LogP contribution in [0.1, 0.15) is 12.8 Å². The van der Waals surface area contributed by atoms with Crippen LogP contribution in [0.25, 0.3) is 0 Å². The molecule has 4 unspecified atom stereocenters. The van der Waals surface area contributed by atoms with E-state index in [0.29, 0.717) is 0 Å². The number of rotatable bonds is 0. The fourth-order valence-corrected chi connectivity index (χ4v) is 9.84. The average Bonchev–Trinajstić information content (AvgIpc) is 3.06. The molecule has 0 N–H and O–H groups in total. The summed E-state index contributed by atoms with van der Waals surface area (Å²) in [5, 5.41) is 42.7. The minimum atomic E-state index is -0.200. The fourth-order valence-electron chi connectivity index (χ4n) is 1.41. The van der Waals surface area contributed by atoms with Gasteiger partial charge in [-0.2, -0.15) is 21.0 Å². The molecule has 0 saturated heterocycles. The third kappa shape index (κ3) is 5.89. The van der Waals surface area contributed by atoms with Crippen LogP contribution in [0.15, 0.2) is 0 Å². The molecule has 0 aromatic heterocycles. The SMILES string of the molecule is N#CS1=S(C#N)CCC1.N#CS1=S(C#N)CCC1.[Pd]. The van der Waals surface area contributed by atoms with E-state index in [4.69, 9.17) is 21.0 Å². The number of thiocyanates is 4. The van der Waals surface area contributed by atoms with Crippen LogP contribution in [0.2, 0.25) is 0 Å². The van der Waals surface area contributed by atoms with Gasteiger partial charge in [0.2, 0.25) is 0 Å². The van der Waals surface area contributed by atoms with Gasteiger partial charge in [-0.25, -0.2) is 0 Å². The monoisotopic (exact) mass is 422 g/mol. The first kappa shape index (κ1) is 19.0. The largest absolute Gasteiger partial charge is 0.185 e. The normalized spacial score (nSPS) is 31.4. The summed E-state index contributed by atoms with van der Waals surface area (Å²) in [6.07, 6.45) is 2.15. The Bertz CT molecular complexity index is 470. The van der Waals surface area contributed by atoms with Crippen LogP contribution in [0, 0.1) is 42.7 Å². The molecule has 4 nitrogen and oxygen atoms in total. The van der Waals surface area contributed by atoms with Crippen molar-refractivity contribution in [3.63, 3.8) is 0 Å². The van der Waals surface area contributed by atoms with Gasteiger partial charge in [-0.05, 0) is 50.7 Å². The van der Waals surface area contributed by atoms with Crippen LogP contribution in [0.3, 0.4) is 0 Å². The predicted molar refractivity (Wildman–Crippen MR) is 80.6 cm³/mol. The van der Waals surface area contributed by atoms with E-state index in [9.17, 15) is 0 Å². The Morgan fingerprint density at radius 3 is 0.895 bits per heavy atom. The zero-order chi connectivity index (χ0) is 13.4. The van der Waals surface area contributed by atoms with Gasteiger partial charge < -0.3 is 0 Å². The minimum Gasteiger partial charge on any atom is -0.185 e. The predicted octanol–water partition coefficient (Wildman–Crippen LogP) is 1.01. The maximum absolute atomic E-state index is 8.49. The Balaban J connectivity index is 0.000000324. The van der Waals surface area contributed by atoms with Crippen molar-refractivity contribution in [2.45, 2.75) is 12.8 Å². The number of nitrogens with zero attached hydrogens (tertiary/aromatic N) is 4. The summed E-state index contributed by atoms with van der Waals surface area (Å²) in [6, 6.07) is 0. The average molecular weight is 423 g/mol. The molecule has 0 fully saturated rings. The molecule has 106 valence electrons. The molecular formula is C10H12N4PdS4. The summed E-state index contributed by atoms with van der Waals surface area (Å²) in [7, 11) is -0.799. The first-order chi connectivity index (χ1) is 8.76. The van der Waals surface area contributed by atoms with E-state index in [-0.39, 0.29) is 58.2 Å². The molecule has 0 radical (unpaired) electrons. The van der Waals surface area contributed by atoms with Crippen LogP contribution in [-0.4, -0.2) is 23.0 Å². The standard InChI is InChI=1S/2C5H6N2S2.Pd/c2*6-4-8-2-1-3-9(8)5-7;/h2*1-3H2;. The number of hydrogen-bond acceptors (Lipinski definition) is 4. The van der Waals surface area contributed by atoms with Crippen molar-refractivity contribution >= 4 is 37.8 Å². The molecule has 9 heteroatoms. The van der Waals surface area contributed by atoms with E-state index in [0.717, 1.165) is 35.9 Å². The van der Waals surface area contributed by atoms with E-state index in [2.05, 4.69) is 21.6 Å². The quantitative estimate of drug-likeness (QED) is 0.430. The van der Waals surface area contributed by atoms with Crippen LogP contribution < -0.4 is 0 Å². The fraction of sp³-hybridized carbons (Fsp3) is 0.600. The maximum atomic E-state index is 8.49. The van der Waals surface area contributed by atoms with E-state index < -0.39 is 0 Å². The second kappa shape index (κ2) is 10.8. The molecule has 4 atom stereocenters. The molecule has 0 spiro atoms. The van der Waals surface area contributed by atoms with Gasteiger partial charge in [-0.1, -0.05) is 0 Å². The summed E-state index contributed by atoms with van der Waals surface area (Å²) in [5.74, 6) is 3.86. The zero-order valence-electron chi connectivity index (χ0n) is 9.98.